The van der Waals surface area contributed by atoms with Gasteiger partial charge in [-0.25, -0.2) is 4.39 Å². The lowest BCUT2D eigenvalue weighted by atomic mass is 10.1. The number of nitrogens with zero attached hydrogens (tertiary/aromatic N) is 2. The van der Waals surface area contributed by atoms with Crippen molar-refractivity contribution in [2.24, 2.45) is 4.99 Å². The van der Waals surface area contributed by atoms with Crippen molar-refractivity contribution in [3.63, 3.8) is 0 Å². The highest BCUT2D eigenvalue weighted by Gasteiger charge is 2.11. The van der Waals surface area contributed by atoms with Gasteiger partial charge in [0.1, 0.15) is 0 Å². The van der Waals surface area contributed by atoms with Crippen LogP contribution in [0.3, 0.4) is 0 Å². The van der Waals surface area contributed by atoms with E-state index in [0.29, 0.717) is 12.5 Å². The van der Waals surface area contributed by atoms with Crippen molar-refractivity contribution in [1.29, 1.82) is 0 Å². The minimum atomic E-state index is -0.382. The molecule has 0 bridgehead atoms. The lowest BCUT2D eigenvalue weighted by Gasteiger charge is -2.19. The topological polar surface area (TPSA) is 58.5 Å². The molecule has 7 heteroatoms. The summed E-state index contributed by atoms with van der Waals surface area (Å²) in [6.07, 6.45) is 1.79. The molecule has 1 heterocycles. The number of halogens is 2. The molecule has 3 aromatic rings. The largest absolute Gasteiger partial charge is 0.494 e. The maximum Gasteiger partial charge on any atom is 0.191 e. The molecule has 158 valence electrons. The Bertz CT molecular complexity index is 982. The molecule has 0 aliphatic carbocycles. The average Bonchev–Trinajstić information content (AvgIpc) is 2.77. The number of aliphatic imine (C=N–C) groups is 1. The Morgan fingerprint density at radius 1 is 1.13 bits per heavy atom. The Morgan fingerprint density at radius 3 is 2.63 bits per heavy atom. The molecule has 0 fully saturated rings. The maximum absolute atomic E-state index is 14.0. The van der Waals surface area contributed by atoms with Crippen molar-refractivity contribution >= 4 is 29.9 Å². The fourth-order valence-electron chi connectivity index (χ4n) is 2.99. The van der Waals surface area contributed by atoms with Gasteiger partial charge in [0.05, 0.1) is 18.8 Å². The zero-order valence-electron chi connectivity index (χ0n) is 17.2. The van der Waals surface area contributed by atoms with Gasteiger partial charge in [-0.3, -0.25) is 9.98 Å². The van der Waals surface area contributed by atoms with E-state index in [0.717, 1.165) is 22.4 Å². The molecule has 0 aliphatic heterocycles. The number of pyridine rings is 1. The summed E-state index contributed by atoms with van der Waals surface area (Å²) >= 11 is 0. The molecule has 1 unspecified atom stereocenters. The molecule has 0 radical (unpaired) electrons. The van der Waals surface area contributed by atoms with Gasteiger partial charge in [-0.1, -0.05) is 30.3 Å². The quantitative estimate of drug-likeness (QED) is 0.275. The van der Waals surface area contributed by atoms with Crippen molar-refractivity contribution in [1.82, 2.24) is 15.6 Å². The number of aromatic nitrogens is 1. The molecule has 1 aromatic heterocycles. The minimum absolute atomic E-state index is 0. The molecule has 0 spiro atoms. The van der Waals surface area contributed by atoms with Gasteiger partial charge in [-0.15, -0.1) is 24.0 Å². The number of hydrogen-bond donors (Lipinski definition) is 2. The monoisotopic (exact) mass is 520 g/mol. The molecule has 2 aromatic carbocycles. The molecule has 0 saturated heterocycles. The number of nitrogens with one attached hydrogen (secondary N) is 2. The number of benzene rings is 2. The Kier molecular flexibility index (Phi) is 9.04. The smallest absolute Gasteiger partial charge is 0.191 e. The molecule has 2 N–H and O–H groups in total. The predicted octanol–water partition coefficient (Wildman–Crippen LogP) is 4.94. The second-order valence-electron chi connectivity index (χ2n) is 6.60. The van der Waals surface area contributed by atoms with Gasteiger partial charge >= 0.3 is 0 Å². The maximum atomic E-state index is 14.0. The van der Waals surface area contributed by atoms with Crippen molar-refractivity contribution < 1.29 is 9.13 Å². The second kappa shape index (κ2) is 11.5. The van der Waals surface area contributed by atoms with E-state index in [2.05, 4.69) is 32.7 Å². The lowest BCUT2D eigenvalue weighted by molar-refractivity contribution is 0.386. The Morgan fingerprint density at radius 2 is 1.97 bits per heavy atom. The van der Waals surface area contributed by atoms with Crippen molar-refractivity contribution in [3.05, 3.63) is 83.8 Å². The molecule has 30 heavy (non-hydrogen) atoms. The number of ether oxygens (including phenoxy) is 1. The minimum Gasteiger partial charge on any atom is -0.494 e. The number of rotatable bonds is 6. The molecule has 0 aliphatic rings. The first-order valence-electron chi connectivity index (χ1n) is 9.41. The average molecular weight is 520 g/mol. The first kappa shape index (κ1) is 23.6. The summed E-state index contributed by atoms with van der Waals surface area (Å²) in [5, 5.41) is 6.59. The molecule has 3 rings (SSSR count). The van der Waals surface area contributed by atoms with Crippen LogP contribution in [0.25, 0.3) is 11.3 Å². The molecule has 1 atom stereocenters. The number of hydrogen-bond acceptors (Lipinski definition) is 3. The number of methoxy groups -OCH3 is 1. The van der Waals surface area contributed by atoms with Crippen LogP contribution >= 0.6 is 24.0 Å². The molecular formula is C23H26FIN4O. The molecule has 0 saturated carbocycles. The Hall–Kier alpha value is -2.68. The van der Waals surface area contributed by atoms with Crippen LogP contribution in [0, 0.1) is 5.82 Å². The molecule has 0 amide bonds. The van der Waals surface area contributed by atoms with Gasteiger partial charge in [-0.2, -0.15) is 0 Å². The van der Waals surface area contributed by atoms with E-state index in [4.69, 9.17) is 4.74 Å². The van der Waals surface area contributed by atoms with E-state index in [-0.39, 0.29) is 41.6 Å². The molecule has 5 nitrogen and oxygen atoms in total. The predicted molar refractivity (Wildman–Crippen MR) is 130 cm³/mol. The van der Waals surface area contributed by atoms with E-state index in [1.807, 2.05) is 43.3 Å². The highest BCUT2D eigenvalue weighted by Crippen LogP contribution is 2.22. The van der Waals surface area contributed by atoms with Gasteiger partial charge in [0, 0.05) is 25.4 Å². The standard InChI is InChI=1S/C23H25FN4O.HI/c1-16(18-10-11-22(29-3)20(24)14-18)28-23(25-2)27-15-17-7-6-8-19(13-17)21-9-4-5-12-26-21;/h4-14,16H,15H2,1-3H3,(H2,25,27,28);1H. The van der Waals surface area contributed by atoms with Gasteiger partial charge < -0.3 is 15.4 Å². The Balaban J connectivity index is 0.00000320. The van der Waals surface area contributed by atoms with Gasteiger partial charge in [0.15, 0.2) is 17.5 Å². The first-order chi connectivity index (χ1) is 14.1. The third-order valence-corrected chi connectivity index (χ3v) is 4.60. The fourth-order valence-corrected chi connectivity index (χ4v) is 2.99. The summed E-state index contributed by atoms with van der Waals surface area (Å²) in [5.74, 6) is 0.487. The highest BCUT2D eigenvalue weighted by atomic mass is 127. The Labute approximate surface area is 193 Å². The first-order valence-corrected chi connectivity index (χ1v) is 9.41. The van der Waals surface area contributed by atoms with Gasteiger partial charge in [0.2, 0.25) is 0 Å². The lowest BCUT2D eigenvalue weighted by Crippen LogP contribution is -2.38. The van der Waals surface area contributed by atoms with Gasteiger partial charge in [0.25, 0.3) is 0 Å². The van der Waals surface area contributed by atoms with E-state index in [9.17, 15) is 4.39 Å². The fraction of sp³-hybridized carbons (Fsp3) is 0.217. The highest BCUT2D eigenvalue weighted by molar-refractivity contribution is 14.0. The van der Waals surface area contributed by atoms with Crippen LogP contribution in [0.5, 0.6) is 5.75 Å². The van der Waals surface area contributed by atoms with E-state index >= 15 is 0 Å². The summed E-state index contributed by atoms with van der Waals surface area (Å²) in [6, 6.07) is 18.9. The van der Waals surface area contributed by atoms with Crippen molar-refractivity contribution in [2.45, 2.75) is 19.5 Å². The normalized spacial score (nSPS) is 11.9. The SMILES string of the molecule is CN=C(NCc1cccc(-c2ccccn2)c1)NC(C)c1ccc(OC)c(F)c1.I. The van der Waals surface area contributed by atoms with Crippen molar-refractivity contribution in [2.75, 3.05) is 14.2 Å². The summed E-state index contributed by atoms with van der Waals surface area (Å²) in [7, 11) is 3.16. The zero-order chi connectivity index (χ0) is 20.6. The summed E-state index contributed by atoms with van der Waals surface area (Å²) < 4.78 is 18.9. The van der Waals surface area contributed by atoms with Crippen LogP contribution in [0.2, 0.25) is 0 Å². The number of guanidine groups is 1. The van der Waals surface area contributed by atoms with E-state index in [1.165, 1.54) is 13.2 Å². The van der Waals surface area contributed by atoms with Crippen LogP contribution in [0.1, 0.15) is 24.1 Å². The summed E-state index contributed by atoms with van der Waals surface area (Å²) in [6.45, 7) is 2.56. The van der Waals surface area contributed by atoms with Gasteiger partial charge in [-0.05, 0) is 48.4 Å². The third-order valence-electron chi connectivity index (χ3n) is 4.60. The third kappa shape index (κ3) is 6.16. The zero-order valence-corrected chi connectivity index (χ0v) is 19.6. The second-order valence-corrected chi connectivity index (χ2v) is 6.60. The van der Waals surface area contributed by atoms with Crippen molar-refractivity contribution in [3.8, 4) is 17.0 Å². The van der Waals surface area contributed by atoms with Crippen LogP contribution in [0.4, 0.5) is 4.39 Å². The summed E-state index contributed by atoms with van der Waals surface area (Å²) in [5.41, 5.74) is 3.92. The summed E-state index contributed by atoms with van der Waals surface area (Å²) in [4.78, 5) is 8.67. The van der Waals surface area contributed by atoms with E-state index < -0.39 is 0 Å². The van der Waals surface area contributed by atoms with E-state index in [1.54, 1.807) is 19.3 Å². The molecular weight excluding hydrogens is 494 g/mol. The van der Waals surface area contributed by atoms with Crippen LogP contribution in [-0.4, -0.2) is 25.1 Å². The van der Waals surface area contributed by atoms with Crippen LogP contribution in [-0.2, 0) is 6.54 Å². The van der Waals surface area contributed by atoms with Crippen LogP contribution in [0.15, 0.2) is 71.9 Å². The van der Waals surface area contributed by atoms with Crippen LogP contribution < -0.4 is 15.4 Å².